The molecule has 90 valence electrons. The van der Waals surface area contributed by atoms with Gasteiger partial charge in [0.05, 0.1) is 10.7 Å². The lowest BCUT2D eigenvalue weighted by atomic mass is 9.98. The first kappa shape index (κ1) is 11.9. The van der Waals surface area contributed by atoms with Crippen molar-refractivity contribution in [3.63, 3.8) is 0 Å². The minimum Gasteiger partial charge on any atom is -0.382 e. The van der Waals surface area contributed by atoms with E-state index in [9.17, 15) is 4.39 Å². The predicted octanol–water partition coefficient (Wildman–Crippen LogP) is 3.57. The van der Waals surface area contributed by atoms with Gasteiger partial charge < -0.3 is 5.73 Å². The van der Waals surface area contributed by atoms with Crippen LogP contribution in [0.5, 0.6) is 0 Å². The van der Waals surface area contributed by atoms with Gasteiger partial charge in [0.2, 0.25) is 0 Å². The van der Waals surface area contributed by atoms with E-state index in [0.29, 0.717) is 17.1 Å². The van der Waals surface area contributed by atoms with Crippen LogP contribution in [0.15, 0.2) is 18.2 Å². The Balaban J connectivity index is 2.65. The van der Waals surface area contributed by atoms with Crippen LogP contribution >= 0.6 is 11.6 Å². The fourth-order valence-corrected chi connectivity index (χ4v) is 2.03. The monoisotopic (exact) mass is 253 g/mol. The summed E-state index contributed by atoms with van der Waals surface area (Å²) in [5, 5.41) is 6.78. The first-order chi connectivity index (χ1) is 8.02. The summed E-state index contributed by atoms with van der Waals surface area (Å²) in [6.45, 7) is 3.96. The number of H-pyrrole nitrogens is 1. The zero-order chi connectivity index (χ0) is 12.6. The molecule has 0 aliphatic heterocycles. The van der Waals surface area contributed by atoms with E-state index in [1.54, 1.807) is 12.1 Å². The van der Waals surface area contributed by atoms with Crippen molar-refractivity contribution in [2.45, 2.75) is 19.8 Å². The summed E-state index contributed by atoms with van der Waals surface area (Å²) >= 11 is 5.76. The molecule has 0 atom stereocenters. The highest BCUT2D eigenvalue weighted by molar-refractivity contribution is 6.31. The van der Waals surface area contributed by atoms with Gasteiger partial charge in [0.15, 0.2) is 5.82 Å². The Morgan fingerprint density at radius 1 is 1.41 bits per heavy atom. The highest BCUT2D eigenvalue weighted by Crippen LogP contribution is 2.34. The maximum Gasteiger partial charge on any atom is 0.151 e. The Hall–Kier alpha value is -1.55. The Labute approximate surface area is 104 Å². The Morgan fingerprint density at radius 3 is 2.76 bits per heavy atom. The zero-order valence-electron chi connectivity index (χ0n) is 9.59. The summed E-state index contributed by atoms with van der Waals surface area (Å²) in [5.74, 6) is 0.0937. The average Bonchev–Trinajstić information content (AvgIpc) is 2.64. The number of rotatable bonds is 2. The third-order valence-corrected chi connectivity index (χ3v) is 2.92. The molecule has 0 spiro atoms. The highest BCUT2D eigenvalue weighted by atomic mass is 35.5. The third kappa shape index (κ3) is 2.00. The maximum atomic E-state index is 13.9. The van der Waals surface area contributed by atoms with E-state index < -0.39 is 5.82 Å². The molecule has 0 aliphatic rings. The first-order valence-corrected chi connectivity index (χ1v) is 5.68. The average molecular weight is 254 g/mol. The second kappa shape index (κ2) is 4.37. The number of anilines is 1. The number of hydrogen-bond acceptors (Lipinski definition) is 2. The van der Waals surface area contributed by atoms with Gasteiger partial charge in [0.1, 0.15) is 5.82 Å². The predicted molar refractivity (Wildman–Crippen MR) is 67.5 cm³/mol. The van der Waals surface area contributed by atoms with Gasteiger partial charge in [-0.2, -0.15) is 5.10 Å². The SMILES string of the molecule is CC(C)c1c(N)n[nH]c1-c1cccc(Cl)c1F. The number of nitrogens with two attached hydrogens (primary N) is 1. The molecule has 0 saturated carbocycles. The molecule has 3 N–H and O–H groups in total. The number of nitrogens with zero attached hydrogens (tertiary/aromatic N) is 1. The van der Waals surface area contributed by atoms with Crippen LogP contribution in [-0.2, 0) is 0 Å². The molecule has 0 radical (unpaired) electrons. The van der Waals surface area contributed by atoms with E-state index >= 15 is 0 Å². The molecule has 0 saturated heterocycles. The van der Waals surface area contributed by atoms with Crippen LogP contribution in [0.25, 0.3) is 11.3 Å². The largest absolute Gasteiger partial charge is 0.382 e. The van der Waals surface area contributed by atoms with E-state index in [2.05, 4.69) is 10.2 Å². The molecule has 5 heteroatoms. The molecule has 1 aromatic carbocycles. The number of halogens is 2. The Morgan fingerprint density at radius 2 is 2.12 bits per heavy atom. The van der Waals surface area contributed by atoms with Crippen LogP contribution < -0.4 is 5.73 Å². The topological polar surface area (TPSA) is 54.7 Å². The second-order valence-electron chi connectivity index (χ2n) is 4.15. The zero-order valence-corrected chi connectivity index (χ0v) is 10.3. The fourth-order valence-electron chi connectivity index (χ4n) is 1.85. The van der Waals surface area contributed by atoms with Crippen molar-refractivity contribution < 1.29 is 4.39 Å². The van der Waals surface area contributed by atoms with Crippen molar-refractivity contribution >= 4 is 17.4 Å². The van der Waals surface area contributed by atoms with Crippen LogP contribution in [0.3, 0.4) is 0 Å². The van der Waals surface area contributed by atoms with E-state index in [4.69, 9.17) is 17.3 Å². The standard InChI is InChI=1S/C12H13ClFN3/c1-6(2)9-11(16-17-12(9)15)7-4-3-5-8(13)10(7)14/h3-6H,1-2H3,(H3,15,16,17). The summed E-state index contributed by atoms with van der Waals surface area (Å²) in [6, 6.07) is 4.86. The maximum absolute atomic E-state index is 13.9. The first-order valence-electron chi connectivity index (χ1n) is 5.30. The molecule has 17 heavy (non-hydrogen) atoms. The summed E-state index contributed by atoms with van der Waals surface area (Å²) in [4.78, 5) is 0. The Bertz CT molecular complexity index is 549. The second-order valence-corrected chi connectivity index (χ2v) is 4.56. The van der Waals surface area contributed by atoms with Crippen LogP contribution in [-0.4, -0.2) is 10.2 Å². The molecule has 1 aromatic heterocycles. The van der Waals surface area contributed by atoms with Gasteiger partial charge in [-0.15, -0.1) is 0 Å². The van der Waals surface area contributed by atoms with E-state index in [1.807, 2.05) is 13.8 Å². The molecule has 0 fully saturated rings. The third-order valence-electron chi connectivity index (χ3n) is 2.63. The fraction of sp³-hybridized carbons (Fsp3) is 0.250. The van der Waals surface area contributed by atoms with Gasteiger partial charge >= 0.3 is 0 Å². The molecular formula is C12H13ClFN3. The summed E-state index contributed by atoms with van der Waals surface area (Å²) < 4.78 is 13.9. The molecule has 3 nitrogen and oxygen atoms in total. The normalized spacial score (nSPS) is 11.1. The molecule has 2 rings (SSSR count). The van der Waals surface area contributed by atoms with Gasteiger partial charge in [0, 0.05) is 11.1 Å². The molecule has 2 aromatic rings. The quantitative estimate of drug-likeness (QED) is 0.860. The van der Waals surface area contributed by atoms with Crippen LogP contribution in [0.2, 0.25) is 5.02 Å². The van der Waals surface area contributed by atoms with Crippen LogP contribution in [0.4, 0.5) is 10.2 Å². The summed E-state index contributed by atoms with van der Waals surface area (Å²) in [7, 11) is 0. The van der Waals surface area contributed by atoms with E-state index in [1.165, 1.54) is 6.07 Å². The number of nitrogen functional groups attached to an aromatic ring is 1. The molecule has 1 heterocycles. The number of aromatic amines is 1. The number of benzene rings is 1. The van der Waals surface area contributed by atoms with Crippen molar-refractivity contribution in [1.82, 2.24) is 10.2 Å². The molecule has 0 bridgehead atoms. The summed E-state index contributed by atoms with van der Waals surface area (Å²) in [5.41, 5.74) is 7.57. The van der Waals surface area contributed by atoms with Gasteiger partial charge in [-0.3, -0.25) is 5.10 Å². The lowest BCUT2D eigenvalue weighted by Crippen LogP contribution is -1.96. The van der Waals surface area contributed by atoms with Gasteiger partial charge in [0.25, 0.3) is 0 Å². The van der Waals surface area contributed by atoms with Crippen molar-refractivity contribution in [1.29, 1.82) is 0 Å². The highest BCUT2D eigenvalue weighted by Gasteiger charge is 2.19. The number of hydrogen-bond donors (Lipinski definition) is 2. The molecule has 0 aliphatic carbocycles. The van der Waals surface area contributed by atoms with Crippen molar-refractivity contribution in [3.05, 3.63) is 34.6 Å². The molecular weight excluding hydrogens is 241 g/mol. The van der Waals surface area contributed by atoms with Gasteiger partial charge in [-0.25, -0.2) is 4.39 Å². The van der Waals surface area contributed by atoms with Gasteiger partial charge in [-0.1, -0.05) is 31.5 Å². The van der Waals surface area contributed by atoms with Crippen LogP contribution in [0.1, 0.15) is 25.3 Å². The van der Waals surface area contributed by atoms with E-state index in [0.717, 1.165) is 5.56 Å². The van der Waals surface area contributed by atoms with Crippen molar-refractivity contribution in [2.24, 2.45) is 0 Å². The van der Waals surface area contributed by atoms with E-state index in [-0.39, 0.29) is 10.9 Å². The number of aromatic nitrogens is 2. The Kier molecular flexibility index (Phi) is 3.07. The lowest BCUT2D eigenvalue weighted by molar-refractivity contribution is 0.630. The smallest absolute Gasteiger partial charge is 0.151 e. The number of nitrogens with one attached hydrogen (secondary N) is 1. The van der Waals surface area contributed by atoms with Crippen LogP contribution in [0, 0.1) is 5.82 Å². The van der Waals surface area contributed by atoms with Crippen molar-refractivity contribution in [3.8, 4) is 11.3 Å². The minimum absolute atomic E-state index is 0.0883. The molecule has 0 amide bonds. The minimum atomic E-state index is -0.459. The summed E-state index contributed by atoms with van der Waals surface area (Å²) in [6.07, 6.45) is 0. The lowest BCUT2D eigenvalue weighted by Gasteiger charge is -2.08. The van der Waals surface area contributed by atoms with Gasteiger partial charge in [-0.05, 0) is 18.1 Å². The molecule has 0 unspecified atom stereocenters. The van der Waals surface area contributed by atoms with Crippen molar-refractivity contribution in [2.75, 3.05) is 5.73 Å².